The smallest absolute Gasteiger partial charge is 0.436 e. The minimum absolute atomic E-state index is 0.0315. The van der Waals surface area contributed by atoms with Crippen molar-refractivity contribution in [3.63, 3.8) is 0 Å². The lowest BCUT2D eigenvalue weighted by Gasteiger charge is -2.14. The molecule has 148 valence electrons. The predicted molar refractivity (Wildman–Crippen MR) is 91.7 cm³/mol. The molecule has 0 atom stereocenters. The van der Waals surface area contributed by atoms with Gasteiger partial charge in [0, 0.05) is 17.8 Å². The van der Waals surface area contributed by atoms with E-state index in [-0.39, 0.29) is 5.69 Å². The van der Waals surface area contributed by atoms with Crippen molar-refractivity contribution in [2.45, 2.75) is 19.6 Å². The van der Waals surface area contributed by atoms with E-state index in [0.717, 1.165) is 4.68 Å². The number of anilines is 1. The Kier molecular flexibility index (Phi) is 6.09. The summed E-state index contributed by atoms with van der Waals surface area (Å²) in [5.41, 5.74) is -0.896. The fraction of sp³-hybridized carbons (Fsp3) is 0.375. The number of amides is 1. The largest absolute Gasteiger partial charge is 0.493 e. The Labute approximate surface area is 158 Å². The molecule has 7 nitrogen and oxygen atoms in total. The number of carbonyl (C=O) groups excluding carboxylic acids is 1. The van der Waals surface area contributed by atoms with Gasteiger partial charge in [-0.25, -0.2) is 0 Å². The normalized spacial score (nSPS) is 11.3. The highest BCUT2D eigenvalue weighted by atomic mass is 35.5. The number of methoxy groups -OCH3 is 3. The number of carbonyl (C=O) groups is 1. The Bertz CT molecular complexity index is 827. The lowest BCUT2D eigenvalue weighted by molar-refractivity contribution is -0.141. The fourth-order valence-corrected chi connectivity index (χ4v) is 2.59. The Morgan fingerprint density at radius 2 is 1.74 bits per heavy atom. The molecule has 0 aliphatic heterocycles. The molecule has 0 aliphatic rings. The summed E-state index contributed by atoms with van der Waals surface area (Å²) in [5.74, 6) is 0.345. The number of nitrogens with zero attached hydrogens (tertiary/aromatic N) is 2. The van der Waals surface area contributed by atoms with Gasteiger partial charge < -0.3 is 19.5 Å². The molecule has 0 saturated carbocycles. The van der Waals surface area contributed by atoms with Gasteiger partial charge >= 0.3 is 6.18 Å². The molecule has 0 spiro atoms. The van der Waals surface area contributed by atoms with Crippen LogP contribution in [0.15, 0.2) is 12.1 Å². The van der Waals surface area contributed by atoms with E-state index in [1.807, 2.05) is 0 Å². The summed E-state index contributed by atoms with van der Waals surface area (Å²) >= 11 is 5.67. The van der Waals surface area contributed by atoms with Gasteiger partial charge in [0.15, 0.2) is 17.2 Å². The molecule has 1 aromatic heterocycles. The first kappa shape index (κ1) is 20.7. The van der Waals surface area contributed by atoms with Crippen LogP contribution >= 0.6 is 11.6 Å². The zero-order valence-corrected chi connectivity index (χ0v) is 15.7. The zero-order valence-electron chi connectivity index (χ0n) is 14.9. The average molecular weight is 408 g/mol. The van der Waals surface area contributed by atoms with Crippen molar-refractivity contribution >= 4 is 23.2 Å². The second kappa shape index (κ2) is 7.95. The Hall–Kier alpha value is -2.62. The van der Waals surface area contributed by atoms with Crippen LogP contribution in [-0.4, -0.2) is 37.0 Å². The van der Waals surface area contributed by atoms with Crippen LogP contribution in [0.2, 0.25) is 5.02 Å². The maximum absolute atomic E-state index is 12.9. The summed E-state index contributed by atoms with van der Waals surface area (Å²) in [5, 5.41) is 5.39. The standard InChI is InChI=1S/C16H17ClF3N3O4/c1-8-13(17)15(16(18,19)20)22-23(8)7-12(24)21-9-5-10(25-2)14(27-4)11(6-9)26-3/h5-6H,7H2,1-4H3,(H,21,24). The maximum atomic E-state index is 12.9. The van der Waals surface area contributed by atoms with Crippen molar-refractivity contribution in [1.82, 2.24) is 9.78 Å². The molecule has 1 aromatic carbocycles. The summed E-state index contributed by atoms with van der Waals surface area (Å²) in [6.07, 6.45) is -4.71. The van der Waals surface area contributed by atoms with Gasteiger partial charge in [0.1, 0.15) is 6.54 Å². The maximum Gasteiger partial charge on any atom is 0.436 e. The van der Waals surface area contributed by atoms with Crippen LogP contribution in [0.25, 0.3) is 0 Å². The third-order valence-corrected chi connectivity index (χ3v) is 4.10. The summed E-state index contributed by atoms with van der Waals surface area (Å²) in [4.78, 5) is 12.2. The molecule has 0 saturated heterocycles. The van der Waals surface area contributed by atoms with Gasteiger partial charge in [0.25, 0.3) is 0 Å². The van der Waals surface area contributed by atoms with E-state index >= 15 is 0 Å². The molecule has 0 radical (unpaired) electrons. The minimum Gasteiger partial charge on any atom is -0.493 e. The Morgan fingerprint density at radius 3 is 2.15 bits per heavy atom. The minimum atomic E-state index is -4.71. The van der Waals surface area contributed by atoms with Crippen molar-refractivity contribution < 1.29 is 32.2 Å². The van der Waals surface area contributed by atoms with Gasteiger partial charge in [-0.1, -0.05) is 11.6 Å². The third-order valence-electron chi connectivity index (χ3n) is 3.64. The van der Waals surface area contributed by atoms with E-state index < -0.39 is 29.3 Å². The predicted octanol–water partition coefficient (Wildman–Crippen LogP) is 3.53. The Balaban J connectivity index is 2.24. The Morgan fingerprint density at radius 1 is 1.19 bits per heavy atom. The SMILES string of the molecule is COc1cc(NC(=O)Cn2nc(C(F)(F)F)c(Cl)c2C)cc(OC)c1OC. The summed E-state index contributed by atoms with van der Waals surface area (Å²) < 4.78 is 55.0. The van der Waals surface area contributed by atoms with Crippen LogP contribution in [0, 0.1) is 6.92 Å². The number of nitrogens with one attached hydrogen (secondary N) is 1. The number of hydrogen-bond donors (Lipinski definition) is 1. The summed E-state index contributed by atoms with van der Waals surface area (Å²) in [6.45, 7) is 0.885. The van der Waals surface area contributed by atoms with E-state index in [0.29, 0.717) is 22.9 Å². The number of aromatic nitrogens is 2. The van der Waals surface area contributed by atoms with Crippen LogP contribution in [-0.2, 0) is 17.5 Å². The van der Waals surface area contributed by atoms with E-state index in [1.165, 1.54) is 40.4 Å². The molecule has 1 N–H and O–H groups in total. The van der Waals surface area contributed by atoms with Crippen molar-refractivity contribution in [2.75, 3.05) is 26.6 Å². The van der Waals surface area contributed by atoms with E-state index in [9.17, 15) is 18.0 Å². The summed E-state index contributed by atoms with van der Waals surface area (Å²) in [7, 11) is 4.26. The van der Waals surface area contributed by atoms with E-state index in [1.54, 1.807) is 0 Å². The lowest BCUT2D eigenvalue weighted by atomic mass is 10.2. The second-order valence-electron chi connectivity index (χ2n) is 5.37. The molecule has 0 aliphatic carbocycles. The monoisotopic (exact) mass is 407 g/mol. The zero-order chi connectivity index (χ0) is 20.4. The average Bonchev–Trinajstić information content (AvgIpc) is 2.89. The molecule has 2 rings (SSSR count). The molecular weight excluding hydrogens is 391 g/mol. The highest BCUT2D eigenvalue weighted by molar-refractivity contribution is 6.32. The number of ether oxygens (including phenoxy) is 3. The molecule has 1 amide bonds. The van der Waals surface area contributed by atoms with Gasteiger partial charge in [-0.15, -0.1) is 0 Å². The third kappa shape index (κ3) is 4.38. The molecular formula is C16H17ClF3N3O4. The first-order valence-corrected chi connectivity index (χ1v) is 7.90. The van der Waals surface area contributed by atoms with Crippen LogP contribution in [0.3, 0.4) is 0 Å². The van der Waals surface area contributed by atoms with Gasteiger partial charge in [-0.3, -0.25) is 9.48 Å². The first-order valence-electron chi connectivity index (χ1n) is 7.52. The highest BCUT2D eigenvalue weighted by Crippen LogP contribution is 2.40. The molecule has 27 heavy (non-hydrogen) atoms. The fourth-order valence-electron chi connectivity index (χ4n) is 2.35. The molecule has 11 heteroatoms. The highest BCUT2D eigenvalue weighted by Gasteiger charge is 2.38. The van der Waals surface area contributed by atoms with Gasteiger partial charge in [-0.05, 0) is 6.92 Å². The van der Waals surface area contributed by atoms with Crippen molar-refractivity contribution in [3.8, 4) is 17.2 Å². The van der Waals surface area contributed by atoms with Crippen molar-refractivity contribution in [1.29, 1.82) is 0 Å². The molecule has 0 bridgehead atoms. The first-order chi connectivity index (χ1) is 12.6. The lowest BCUT2D eigenvalue weighted by Crippen LogP contribution is -2.21. The number of alkyl halides is 3. The molecule has 0 unspecified atom stereocenters. The van der Waals surface area contributed by atoms with Gasteiger partial charge in [0.05, 0.1) is 32.0 Å². The molecule has 0 fully saturated rings. The number of halogens is 4. The van der Waals surface area contributed by atoms with Crippen LogP contribution in [0.4, 0.5) is 18.9 Å². The van der Waals surface area contributed by atoms with E-state index in [4.69, 9.17) is 25.8 Å². The number of hydrogen-bond acceptors (Lipinski definition) is 5. The van der Waals surface area contributed by atoms with Gasteiger partial charge in [-0.2, -0.15) is 18.3 Å². The second-order valence-corrected chi connectivity index (χ2v) is 5.74. The quantitative estimate of drug-likeness (QED) is 0.793. The van der Waals surface area contributed by atoms with Gasteiger partial charge in [0.2, 0.25) is 11.7 Å². The van der Waals surface area contributed by atoms with Crippen molar-refractivity contribution in [3.05, 3.63) is 28.5 Å². The van der Waals surface area contributed by atoms with Crippen molar-refractivity contribution in [2.24, 2.45) is 0 Å². The number of rotatable bonds is 6. The molecule has 1 heterocycles. The number of benzene rings is 1. The topological polar surface area (TPSA) is 74.6 Å². The van der Waals surface area contributed by atoms with Crippen LogP contribution in [0.5, 0.6) is 17.2 Å². The van der Waals surface area contributed by atoms with Crippen LogP contribution in [0.1, 0.15) is 11.4 Å². The van der Waals surface area contributed by atoms with E-state index in [2.05, 4.69) is 10.4 Å². The summed E-state index contributed by atoms with van der Waals surface area (Å²) in [6, 6.07) is 2.98. The molecule has 2 aromatic rings. The van der Waals surface area contributed by atoms with Crippen LogP contribution < -0.4 is 19.5 Å².